The SMILES string of the molecule is CC(C)(C)[C@H]1CCC(=O)[C@H](CC(S(=O)(=O)c2ccccc2)S(=O)(=O)c2ccccc2)C1. The van der Waals surface area contributed by atoms with Crippen LogP contribution < -0.4 is 0 Å². The second-order valence-corrected chi connectivity index (χ2v) is 13.9. The van der Waals surface area contributed by atoms with Crippen molar-refractivity contribution in [1.82, 2.24) is 0 Å². The molecule has 1 saturated carbocycles. The zero-order valence-corrected chi connectivity index (χ0v) is 19.8. The lowest BCUT2D eigenvalue weighted by Crippen LogP contribution is -2.38. The molecule has 2 aromatic carbocycles. The topological polar surface area (TPSA) is 85.3 Å². The van der Waals surface area contributed by atoms with Gasteiger partial charge in [0.05, 0.1) is 9.79 Å². The third-order valence-corrected chi connectivity index (χ3v) is 11.4. The van der Waals surface area contributed by atoms with Crippen molar-refractivity contribution in [3.63, 3.8) is 0 Å². The summed E-state index contributed by atoms with van der Waals surface area (Å²) >= 11 is 0. The van der Waals surface area contributed by atoms with Crippen molar-refractivity contribution in [3.05, 3.63) is 60.7 Å². The first kappa shape index (κ1) is 23.7. The van der Waals surface area contributed by atoms with Gasteiger partial charge in [-0.1, -0.05) is 57.2 Å². The highest BCUT2D eigenvalue weighted by Gasteiger charge is 2.44. The Morgan fingerprint density at radius 2 is 1.29 bits per heavy atom. The van der Waals surface area contributed by atoms with E-state index in [1.165, 1.54) is 24.3 Å². The normalized spacial score (nSPS) is 20.7. The average Bonchev–Trinajstić information content (AvgIpc) is 2.73. The summed E-state index contributed by atoms with van der Waals surface area (Å²) in [5.41, 5.74) is -0.0367. The summed E-state index contributed by atoms with van der Waals surface area (Å²) in [6.45, 7) is 6.30. The lowest BCUT2D eigenvalue weighted by molar-refractivity contribution is -0.126. The third-order valence-electron chi connectivity index (χ3n) is 6.30. The Balaban J connectivity index is 2.06. The minimum absolute atomic E-state index is 0.0367. The summed E-state index contributed by atoms with van der Waals surface area (Å²) in [5.74, 6) is -0.410. The largest absolute Gasteiger partial charge is 0.299 e. The average molecular weight is 463 g/mol. The molecular formula is C24H30O5S2. The molecule has 0 radical (unpaired) electrons. The van der Waals surface area contributed by atoms with E-state index in [9.17, 15) is 21.6 Å². The lowest BCUT2D eigenvalue weighted by atomic mass is 9.68. The summed E-state index contributed by atoms with van der Waals surface area (Å²) in [7, 11) is -8.45. The number of Topliss-reactive ketones (excluding diaryl/α,β-unsaturated/α-hetero) is 1. The summed E-state index contributed by atoms with van der Waals surface area (Å²) in [6, 6.07) is 15.3. The minimum atomic E-state index is -4.22. The van der Waals surface area contributed by atoms with Crippen LogP contribution >= 0.6 is 0 Å². The van der Waals surface area contributed by atoms with Crippen LogP contribution in [-0.2, 0) is 24.5 Å². The Kier molecular flexibility index (Phi) is 6.77. The van der Waals surface area contributed by atoms with Crippen LogP contribution in [0.15, 0.2) is 70.5 Å². The van der Waals surface area contributed by atoms with Crippen molar-refractivity contribution in [1.29, 1.82) is 0 Å². The van der Waals surface area contributed by atoms with Crippen LogP contribution in [0.1, 0.15) is 46.5 Å². The monoisotopic (exact) mass is 462 g/mol. The Labute approximate surface area is 185 Å². The van der Waals surface area contributed by atoms with Crippen LogP contribution in [-0.4, -0.2) is 27.2 Å². The van der Waals surface area contributed by atoms with Crippen LogP contribution in [0.3, 0.4) is 0 Å². The van der Waals surface area contributed by atoms with Crippen molar-refractivity contribution >= 4 is 25.5 Å². The number of rotatable bonds is 6. The van der Waals surface area contributed by atoms with Crippen molar-refractivity contribution in [2.75, 3.05) is 0 Å². The van der Waals surface area contributed by atoms with Crippen molar-refractivity contribution < 1.29 is 21.6 Å². The van der Waals surface area contributed by atoms with E-state index in [4.69, 9.17) is 0 Å². The molecule has 1 aliphatic carbocycles. The second kappa shape index (κ2) is 8.87. The number of carbonyl (C=O) groups excluding carboxylic acids is 1. The van der Waals surface area contributed by atoms with Gasteiger partial charge in [0.2, 0.25) is 0 Å². The standard InChI is InChI=1S/C24H30O5S2/c1-24(2,3)19-14-15-22(25)18(16-19)17-23(30(26,27)20-10-6-4-7-11-20)31(28,29)21-12-8-5-9-13-21/h4-13,18-19,23H,14-17H2,1-3H3/t18-,19-/m0/s1. The highest BCUT2D eigenvalue weighted by Crippen LogP contribution is 2.42. The maximum atomic E-state index is 13.5. The smallest absolute Gasteiger partial charge is 0.195 e. The number of sulfone groups is 2. The second-order valence-electron chi connectivity index (χ2n) is 9.38. The number of hydrogen-bond acceptors (Lipinski definition) is 5. The van der Waals surface area contributed by atoms with Gasteiger partial charge < -0.3 is 0 Å². The molecule has 0 N–H and O–H groups in total. The summed E-state index contributed by atoms with van der Waals surface area (Å²) in [6.07, 6.45) is 1.39. The molecule has 168 valence electrons. The summed E-state index contributed by atoms with van der Waals surface area (Å²) < 4.78 is 52.4. The van der Waals surface area contributed by atoms with Gasteiger partial charge in [-0.3, -0.25) is 4.79 Å². The van der Waals surface area contributed by atoms with Crippen LogP contribution in [0.5, 0.6) is 0 Å². The maximum absolute atomic E-state index is 13.5. The molecule has 7 heteroatoms. The number of ketones is 1. The Bertz CT molecular complexity index is 1050. The third kappa shape index (κ3) is 5.09. The van der Waals surface area contributed by atoms with E-state index in [1.54, 1.807) is 36.4 Å². The molecule has 0 amide bonds. The minimum Gasteiger partial charge on any atom is -0.299 e. The van der Waals surface area contributed by atoms with Gasteiger partial charge in [-0.15, -0.1) is 0 Å². The Morgan fingerprint density at radius 3 is 1.71 bits per heavy atom. The van der Waals surface area contributed by atoms with Crippen LogP contribution in [0.25, 0.3) is 0 Å². The van der Waals surface area contributed by atoms with Crippen LogP contribution in [0.4, 0.5) is 0 Å². The summed E-state index contributed by atoms with van der Waals surface area (Å²) in [5, 5.41) is 0. The van der Waals surface area contributed by atoms with Crippen molar-refractivity contribution in [3.8, 4) is 0 Å². The molecule has 0 spiro atoms. The van der Waals surface area contributed by atoms with Crippen molar-refractivity contribution in [2.45, 2.75) is 60.8 Å². The summed E-state index contributed by atoms with van der Waals surface area (Å²) in [4.78, 5) is 12.6. The van der Waals surface area contributed by atoms with Gasteiger partial charge in [-0.2, -0.15) is 0 Å². The zero-order valence-electron chi connectivity index (χ0n) is 18.2. The number of hydrogen-bond donors (Lipinski definition) is 0. The molecule has 5 nitrogen and oxygen atoms in total. The van der Waals surface area contributed by atoms with E-state index >= 15 is 0 Å². The fourth-order valence-corrected chi connectivity index (χ4v) is 8.96. The number of carbonyl (C=O) groups is 1. The molecule has 1 aliphatic rings. The first-order valence-electron chi connectivity index (χ1n) is 10.5. The highest BCUT2D eigenvalue weighted by molar-refractivity contribution is 8.09. The molecule has 0 saturated heterocycles. The van der Waals surface area contributed by atoms with Gasteiger partial charge in [-0.25, -0.2) is 16.8 Å². The Hall–Kier alpha value is -1.99. The quantitative estimate of drug-likeness (QED) is 0.622. The predicted molar refractivity (Wildman–Crippen MR) is 121 cm³/mol. The van der Waals surface area contributed by atoms with E-state index in [0.29, 0.717) is 12.8 Å². The molecule has 0 aliphatic heterocycles. The highest BCUT2D eigenvalue weighted by atomic mass is 32.3. The molecule has 31 heavy (non-hydrogen) atoms. The molecule has 2 aromatic rings. The van der Waals surface area contributed by atoms with E-state index in [0.717, 1.165) is 6.42 Å². The van der Waals surface area contributed by atoms with Gasteiger partial charge in [-0.05, 0) is 54.9 Å². The van der Waals surface area contributed by atoms with Gasteiger partial charge >= 0.3 is 0 Å². The van der Waals surface area contributed by atoms with Crippen LogP contribution in [0.2, 0.25) is 0 Å². The van der Waals surface area contributed by atoms with E-state index in [1.807, 2.05) is 0 Å². The zero-order chi connectivity index (χ0) is 22.9. The lowest BCUT2D eigenvalue weighted by Gasteiger charge is -2.37. The molecular weight excluding hydrogens is 432 g/mol. The fraction of sp³-hybridized carbons (Fsp3) is 0.458. The first-order valence-corrected chi connectivity index (χ1v) is 13.6. The van der Waals surface area contributed by atoms with Gasteiger partial charge in [0, 0.05) is 12.3 Å². The molecule has 0 aromatic heterocycles. The van der Waals surface area contributed by atoms with Gasteiger partial charge in [0.1, 0.15) is 5.78 Å². The fourth-order valence-electron chi connectivity index (χ4n) is 4.30. The maximum Gasteiger partial charge on any atom is 0.195 e. The molecule has 3 rings (SSSR count). The van der Waals surface area contributed by atoms with Gasteiger partial charge in [0.25, 0.3) is 0 Å². The number of benzene rings is 2. The Morgan fingerprint density at radius 1 is 0.839 bits per heavy atom. The molecule has 0 heterocycles. The molecule has 1 fully saturated rings. The van der Waals surface area contributed by atoms with E-state index in [-0.39, 0.29) is 33.3 Å². The molecule has 0 unspecified atom stereocenters. The predicted octanol–water partition coefficient (Wildman–Crippen LogP) is 4.68. The van der Waals surface area contributed by atoms with Crippen molar-refractivity contribution in [2.24, 2.45) is 17.3 Å². The molecule has 0 bridgehead atoms. The van der Waals surface area contributed by atoms with E-state index in [2.05, 4.69) is 20.8 Å². The molecule has 2 atom stereocenters. The van der Waals surface area contributed by atoms with Gasteiger partial charge in [0.15, 0.2) is 24.3 Å². The first-order chi connectivity index (χ1) is 14.4. The van der Waals surface area contributed by atoms with E-state index < -0.39 is 30.2 Å². The van der Waals surface area contributed by atoms with Crippen LogP contribution in [0, 0.1) is 17.3 Å².